The fraction of sp³-hybridized carbons (Fsp3) is 0.429. The van der Waals surface area contributed by atoms with Crippen LogP contribution in [0.3, 0.4) is 0 Å². The molecule has 0 amide bonds. The van der Waals surface area contributed by atoms with Crippen molar-refractivity contribution in [3.05, 3.63) is 83.7 Å². The van der Waals surface area contributed by atoms with Crippen molar-refractivity contribution in [3.8, 4) is 28.6 Å². The van der Waals surface area contributed by atoms with Crippen LogP contribution in [-0.2, 0) is 24.2 Å². The number of phenolic OH excluding ortho intramolecular Hbond substituents is 1. The van der Waals surface area contributed by atoms with Crippen LogP contribution in [0.5, 0.6) is 5.75 Å². The highest BCUT2D eigenvalue weighted by molar-refractivity contribution is 5.75. The molecule has 9 nitrogen and oxygen atoms in total. The third kappa shape index (κ3) is 9.21. The molecule has 3 heterocycles. The second kappa shape index (κ2) is 14.1. The average molecular weight is 600 g/mol. The Morgan fingerprint density at radius 3 is 2.18 bits per heavy atom. The van der Waals surface area contributed by atoms with Gasteiger partial charge in [0.1, 0.15) is 5.75 Å². The van der Waals surface area contributed by atoms with Gasteiger partial charge in [-0.3, -0.25) is 14.7 Å². The maximum absolute atomic E-state index is 12.2. The van der Waals surface area contributed by atoms with Crippen LogP contribution in [0.25, 0.3) is 22.8 Å². The fourth-order valence-electron chi connectivity index (χ4n) is 5.28. The number of hydrogen-bond donors (Lipinski definition) is 3. The molecular weight excluding hydrogens is 554 g/mol. The number of phenols is 1. The van der Waals surface area contributed by atoms with Crippen molar-refractivity contribution in [3.63, 3.8) is 0 Å². The lowest BCUT2D eigenvalue weighted by molar-refractivity contribution is -0.152. The average Bonchev–Trinajstić information content (AvgIpc) is 3.45. The highest BCUT2D eigenvalue weighted by atomic mass is 16.5. The van der Waals surface area contributed by atoms with Crippen molar-refractivity contribution in [2.75, 3.05) is 13.1 Å². The maximum Gasteiger partial charge on any atom is 0.310 e. The van der Waals surface area contributed by atoms with Crippen LogP contribution in [0.4, 0.5) is 0 Å². The highest BCUT2D eigenvalue weighted by Crippen LogP contribution is 2.36. The standard InChI is InChI=1S/C31H34N4O4.C4H11N/c1-21(2)17-25-7-8-26(18-27(25)36)29-33-28(34-39-29)24-5-3-23(4-6-24)20-35-15-11-31(12-16-35,30(37)38)19-22-9-13-32-14-10-22;1-4(2,3)5/h3-10,13-14,18,21,36H,11-12,15-17,19-20H2,1-2H3,(H,37,38);5H2,1-3H3. The van der Waals surface area contributed by atoms with Gasteiger partial charge in [-0.2, -0.15) is 4.98 Å². The van der Waals surface area contributed by atoms with E-state index in [0.717, 1.165) is 48.3 Å². The SMILES string of the molecule is CC(C)(C)N.CC(C)Cc1ccc(-c2nc(-c3ccc(CN4CCC(Cc5ccncc5)(C(=O)O)CC4)cc3)no2)cc1O. The van der Waals surface area contributed by atoms with Gasteiger partial charge < -0.3 is 20.5 Å². The van der Waals surface area contributed by atoms with Crippen LogP contribution >= 0.6 is 0 Å². The number of nitrogens with zero attached hydrogens (tertiary/aromatic N) is 4. The van der Waals surface area contributed by atoms with Crippen LogP contribution in [0.1, 0.15) is 64.2 Å². The second-order valence-corrected chi connectivity index (χ2v) is 13.3. The number of carboxylic acid groups (broad SMARTS) is 1. The molecule has 1 saturated heterocycles. The topological polar surface area (TPSA) is 139 Å². The first kappa shape index (κ1) is 32.8. The Morgan fingerprint density at radius 2 is 1.61 bits per heavy atom. The molecule has 0 spiro atoms. The number of nitrogens with two attached hydrogens (primary N) is 1. The molecule has 0 unspecified atom stereocenters. The Hall–Kier alpha value is -4.08. The van der Waals surface area contributed by atoms with Crippen molar-refractivity contribution >= 4 is 5.97 Å². The Labute approximate surface area is 260 Å². The number of rotatable bonds is 9. The van der Waals surface area contributed by atoms with E-state index in [1.807, 2.05) is 69.3 Å². The summed E-state index contributed by atoms with van der Waals surface area (Å²) < 4.78 is 5.48. The summed E-state index contributed by atoms with van der Waals surface area (Å²) in [5.74, 6) is 0.820. The molecule has 1 aliphatic heterocycles. The number of aromatic nitrogens is 3. The number of carboxylic acids is 1. The van der Waals surface area contributed by atoms with Gasteiger partial charge in [-0.1, -0.05) is 49.3 Å². The van der Waals surface area contributed by atoms with Gasteiger partial charge in [0.25, 0.3) is 5.89 Å². The first-order valence-corrected chi connectivity index (χ1v) is 15.2. The smallest absolute Gasteiger partial charge is 0.310 e. The lowest BCUT2D eigenvalue weighted by Gasteiger charge is -2.39. The van der Waals surface area contributed by atoms with Crippen LogP contribution in [0, 0.1) is 11.3 Å². The molecule has 0 saturated carbocycles. The van der Waals surface area contributed by atoms with E-state index in [9.17, 15) is 15.0 Å². The fourth-order valence-corrected chi connectivity index (χ4v) is 5.28. The minimum atomic E-state index is -0.733. The van der Waals surface area contributed by atoms with E-state index in [2.05, 4.69) is 33.9 Å². The number of likely N-dealkylation sites (tertiary alicyclic amines) is 1. The minimum absolute atomic E-state index is 0. The predicted octanol–water partition coefficient (Wildman–Crippen LogP) is 6.36. The van der Waals surface area contributed by atoms with E-state index in [1.54, 1.807) is 18.5 Å². The van der Waals surface area contributed by atoms with Crippen molar-refractivity contribution in [1.82, 2.24) is 20.0 Å². The molecule has 5 rings (SSSR count). The number of aliphatic carboxylic acids is 1. The Morgan fingerprint density at radius 1 is 1.00 bits per heavy atom. The van der Waals surface area contributed by atoms with Gasteiger partial charge in [-0.15, -0.1) is 0 Å². The second-order valence-electron chi connectivity index (χ2n) is 13.3. The molecule has 2 aromatic carbocycles. The highest BCUT2D eigenvalue weighted by Gasteiger charge is 2.41. The summed E-state index contributed by atoms with van der Waals surface area (Å²) in [7, 11) is 0. The van der Waals surface area contributed by atoms with E-state index in [-0.39, 0.29) is 11.3 Å². The first-order valence-electron chi connectivity index (χ1n) is 15.2. The van der Waals surface area contributed by atoms with Crippen molar-refractivity contribution < 1.29 is 19.5 Å². The molecule has 234 valence electrons. The van der Waals surface area contributed by atoms with Gasteiger partial charge in [-0.05, 0) is 106 Å². The zero-order valence-corrected chi connectivity index (χ0v) is 26.5. The lowest BCUT2D eigenvalue weighted by Crippen LogP contribution is -2.45. The normalized spacial score (nSPS) is 15.1. The third-order valence-electron chi connectivity index (χ3n) is 7.56. The van der Waals surface area contributed by atoms with E-state index in [1.165, 1.54) is 0 Å². The molecule has 2 aromatic heterocycles. The molecule has 0 atom stereocenters. The molecule has 1 aliphatic rings. The summed E-state index contributed by atoms with van der Waals surface area (Å²) in [4.78, 5) is 23.1. The largest absolute Gasteiger partial charge is 0.508 e. The van der Waals surface area contributed by atoms with Gasteiger partial charge in [0.05, 0.1) is 5.41 Å². The van der Waals surface area contributed by atoms with E-state index >= 15 is 0 Å². The monoisotopic (exact) mass is 599 g/mol. The van der Waals surface area contributed by atoms with E-state index in [0.29, 0.717) is 42.5 Å². The number of carbonyl (C=O) groups is 1. The van der Waals surface area contributed by atoms with Crippen LogP contribution in [0.2, 0.25) is 0 Å². The zero-order chi connectivity index (χ0) is 31.9. The van der Waals surface area contributed by atoms with Gasteiger partial charge in [0, 0.05) is 35.6 Å². The molecule has 4 aromatic rings. The van der Waals surface area contributed by atoms with Crippen LogP contribution in [-0.4, -0.2) is 54.8 Å². The number of aromatic hydroxyl groups is 1. The van der Waals surface area contributed by atoms with Gasteiger partial charge in [0.15, 0.2) is 0 Å². The predicted molar refractivity (Wildman–Crippen MR) is 172 cm³/mol. The molecule has 9 heteroatoms. The summed E-state index contributed by atoms with van der Waals surface area (Å²) in [5.41, 5.74) is 9.21. The van der Waals surface area contributed by atoms with E-state index < -0.39 is 11.4 Å². The molecule has 44 heavy (non-hydrogen) atoms. The first-order chi connectivity index (χ1) is 20.8. The molecular formula is C35H45N5O4. The minimum Gasteiger partial charge on any atom is -0.508 e. The summed E-state index contributed by atoms with van der Waals surface area (Å²) in [6.45, 7) is 12.3. The summed E-state index contributed by atoms with van der Waals surface area (Å²) in [6, 6.07) is 17.3. The van der Waals surface area contributed by atoms with Gasteiger partial charge >= 0.3 is 5.97 Å². The summed E-state index contributed by atoms with van der Waals surface area (Å²) in [5, 5.41) is 24.6. The Bertz CT molecular complexity index is 1500. The number of benzene rings is 2. The van der Waals surface area contributed by atoms with Crippen molar-refractivity contribution in [1.29, 1.82) is 0 Å². The molecule has 0 bridgehead atoms. The van der Waals surface area contributed by atoms with E-state index in [4.69, 9.17) is 10.3 Å². The number of piperidine rings is 1. The maximum atomic E-state index is 12.2. The summed E-state index contributed by atoms with van der Waals surface area (Å²) in [6.07, 6.45) is 5.99. The quantitative estimate of drug-likeness (QED) is 0.201. The molecule has 4 N–H and O–H groups in total. The molecule has 0 aliphatic carbocycles. The van der Waals surface area contributed by atoms with Crippen molar-refractivity contribution in [2.45, 2.75) is 72.4 Å². The number of pyridine rings is 1. The zero-order valence-electron chi connectivity index (χ0n) is 26.5. The van der Waals surface area contributed by atoms with Crippen molar-refractivity contribution in [2.24, 2.45) is 17.1 Å². The Kier molecular flexibility index (Phi) is 10.5. The summed E-state index contributed by atoms with van der Waals surface area (Å²) >= 11 is 0. The Balaban J connectivity index is 0.000000818. The van der Waals surface area contributed by atoms with Crippen LogP contribution < -0.4 is 5.73 Å². The van der Waals surface area contributed by atoms with Gasteiger partial charge in [0.2, 0.25) is 5.82 Å². The van der Waals surface area contributed by atoms with Gasteiger partial charge in [-0.25, -0.2) is 0 Å². The lowest BCUT2D eigenvalue weighted by atomic mass is 9.74. The number of hydrogen-bond acceptors (Lipinski definition) is 8. The third-order valence-corrected chi connectivity index (χ3v) is 7.56. The molecule has 0 radical (unpaired) electrons. The molecule has 1 fully saturated rings. The van der Waals surface area contributed by atoms with Crippen LogP contribution in [0.15, 0.2) is 71.5 Å².